The third-order valence-corrected chi connectivity index (χ3v) is 3.94. The lowest BCUT2D eigenvalue weighted by molar-refractivity contribution is -0.0499. The number of ether oxygens (including phenoxy) is 1. The van der Waals surface area contributed by atoms with Crippen LogP contribution < -0.4 is 10.1 Å². The molecule has 0 saturated heterocycles. The second kappa shape index (κ2) is 6.53. The molecule has 0 bridgehead atoms. The Morgan fingerprint density at radius 2 is 2.05 bits per heavy atom. The molecule has 20 heavy (non-hydrogen) atoms. The van der Waals surface area contributed by atoms with Crippen molar-refractivity contribution in [2.75, 3.05) is 6.54 Å². The van der Waals surface area contributed by atoms with E-state index >= 15 is 0 Å². The van der Waals surface area contributed by atoms with E-state index in [4.69, 9.17) is 0 Å². The normalized spacial score (nSPS) is 23.4. The number of halogens is 2. The van der Waals surface area contributed by atoms with Gasteiger partial charge in [0.2, 0.25) is 0 Å². The van der Waals surface area contributed by atoms with E-state index in [1.807, 2.05) is 6.07 Å². The zero-order valence-electron chi connectivity index (χ0n) is 12.3. The number of nitrogens with one attached hydrogen (secondary N) is 1. The Kier molecular flexibility index (Phi) is 4.97. The van der Waals surface area contributed by atoms with Crippen molar-refractivity contribution in [2.24, 2.45) is 11.8 Å². The number of hydrogen-bond acceptors (Lipinski definition) is 2. The molecule has 2 nitrogen and oxygen atoms in total. The van der Waals surface area contributed by atoms with Crippen molar-refractivity contribution in [3.8, 4) is 5.75 Å². The summed E-state index contributed by atoms with van der Waals surface area (Å²) in [4.78, 5) is 0. The van der Waals surface area contributed by atoms with Gasteiger partial charge in [-0.05, 0) is 54.5 Å². The predicted octanol–water partition coefficient (Wildman–Crippen LogP) is 4.16. The Morgan fingerprint density at radius 1 is 1.30 bits per heavy atom. The lowest BCUT2D eigenvalue weighted by Gasteiger charge is -2.30. The molecule has 0 amide bonds. The van der Waals surface area contributed by atoms with Crippen LogP contribution in [-0.4, -0.2) is 13.2 Å². The van der Waals surface area contributed by atoms with E-state index in [1.165, 1.54) is 5.56 Å². The van der Waals surface area contributed by atoms with Crippen LogP contribution in [0.4, 0.5) is 8.78 Å². The van der Waals surface area contributed by atoms with E-state index in [9.17, 15) is 8.78 Å². The minimum absolute atomic E-state index is 0.189. The van der Waals surface area contributed by atoms with Crippen LogP contribution >= 0.6 is 0 Å². The lowest BCUT2D eigenvalue weighted by Crippen LogP contribution is -2.32. The van der Waals surface area contributed by atoms with Crippen molar-refractivity contribution < 1.29 is 13.5 Å². The van der Waals surface area contributed by atoms with Crippen LogP contribution in [0.1, 0.15) is 44.4 Å². The van der Waals surface area contributed by atoms with Crippen LogP contribution in [0.15, 0.2) is 18.2 Å². The van der Waals surface area contributed by atoms with Crippen LogP contribution in [-0.2, 0) is 6.42 Å². The molecule has 0 fully saturated rings. The van der Waals surface area contributed by atoms with Crippen molar-refractivity contribution in [3.63, 3.8) is 0 Å². The van der Waals surface area contributed by atoms with Gasteiger partial charge in [-0.25, -0.2) is 0 Å². The third kappa shape index (κ3) is 3.69. The van der Waals surface area contributed by atoms with Crippen LogP contribution in [0.2, 0.25) is 0 Å². The molecule has 2 unspecified atom stereocenters. The number of alkyl halides is 2. The molecule has 0 radical (unpaired) electrons. The van der Waals surface area contributed by atoms with Crippen molar-refractivity contribution in [1.82, 2.24) is 5.32 Å². The van der Waals surface area contributed by atoms with Crippen molar-refractivity contribution in [1.29, 1.82) is 0 Å². The summed E-state index contributed by atoms with van der Waals surface area (Å²) in [5, 5.41) is 3.56. The largest absolute Gasteiger partial charge is 0.435 e. The van der Waals surface area contributed by atoms with Gasteiger partial charge in [-0.2, -0.15) is 8.78 Å². The molecule has 2 rings (SSSR count). The first kappa shape index (κ1) is 15.2. The number of fused-ring (bicyclic) bond motifs is 1. The fourth-order valence-corrected chi connectivity index (χ4v) is 2.80. The van der Waals surface area contributed by atoms with Crippen LogP contribution in [0.3, 0.4) is 0 Å². The van der Waals surface area contributed by atoms with Gasteiger partial charge >= 0.3 is 6.61 Å². The summed E-state index contributed by atoms with van der Waals surface area (Å²) in [5.74, 6) is 1.28. The Balaban J connectivity index is 2.34. The van der Waals surface area contributed by atoms with Crippen LogP contribution in [0, 0.1) is 11.8 Å². The van der Waals surface area contributed by atoms with E-state index in [1.54, 1.807) is 12.1 Å². The van der Waals surface area contributed by atoms with Gasteiger partial charge in [0.1, 0.15) is 5.75 Å². The summed E-state index contributed by atoms with van der Waals surface area (Å²) >= 11 is 0. The van der Waals surface area contributed by atoms with E-state index in [2.05, 4.69) is 30.8 Å². The molecule has 0 aliphatic carbocycles. The maximum atomic E-state index is 12.4. The molecule has 1 heterocycles. The molecule has 1 aromatic rings. The Labute approximate surface area is 119 Å². The van der Waals surface area contributed by atoms with Crippen molar-refractivity contribution >= 4 is 0 Å². The second-order valence-corrected chi connectivity index (χ2v) is 6.01. The Bertz CT molecular complexity index is 448. The minimum atomic E-state index is -2.77. The van der Waals surface area contributed by atoms with Gasteiger partial charge in [-0.3, -0.25) is 0 Å². The molecular formula is C16H23F2NO. The summed E-state index contributed by atoms with van der Waals surface area (Å²) in [6.45, 7) is 4.72. The molecule has 1 N–H and O–H groups in total. The standard InChI is InChI=1S/C16H23F2NO/c1-10(2)15-14-8-13(20-16(17)18)7-6-12(14)5-4-11(3)9-19-15/h6-8,10-11,15-16,19H,4-5,9H2,1-3H3. The summed E-state index contributed by atoms with van der Waals surface area (Å²) < 4.78 is 29.3. The van der Waals surface area contributed by atoms with E-state index in [0.29, 0.717) is 11.8 Å². The van der Waals surface area contributed by atoms with Crippen LogP contribution in [0.25, 0.3) is 0 Å². The molecule has 1 aliphatic rings. The molecule has 0 aromatic heterocycles. The first-order chi connectivity index (χ1) is 9.47. The van der Waals surface area contributed by atoms with Gasteiger partial charge in [-0.1, -0.05) is 26.8 Å². The second-order valence-electron chi connectivity index (χ2n) is 6.01. The Hall–Kier alpha value is -1.16. The predicted molar refractivity (Wildman–Crippen MR) is 76.1 cm³/mol. The number of hydrogen-bond donors (Lipinski definition) is 1. The zero-order valence-corrected chi connectivity index (χ0v) is 12.3. The van der Waals surface area contributed by atoms with Gasteiger partial charge in [0.05, 0.1) is 0 Å². The van der Waals surface area contributed by atoms with E-state index < -0.39 is 6.61 Å². The maximum absolute atomic E-state index is 12.4. The summed E-state index contributed by atoms with van der Waals surface area (Å²) in [6.07, 6.45) is 2.11. The average molecular weight is 283 g/mol. The fraction of sp³-hybridized carbons (Fsp3) is 0.625. The van der Waals surface area contributed by atoms with Gasteiger partial charge < -0.3 is 10.1 Å². The smallest absolute Gasteiger partial charge is 0.387 e. The first-order valence-electron chi connectivity index (χ1n) is 7.28. The molecule has 112 valence electrons. The molecule has 2 atom stereocenters. The van der Waals surface area contributed by atoms with Crippen molar-refractivity contribution in [3.05, 3.63) is 29.3 Å². The fourth-order valence-electron chi connectivity index (χ4n) is 2.80. The van der Waals surface area contributed by atoms with Gasteiger partial charge in [0.25, 0.3) is 0 Å². The average Bonchev–Trinajstić information content (AvgIpc) is 2.34. The number of benzene rings is 1. The number of aryl methyl sites for hydroxylation is 1. The number of rotatable bonds is 3. The summed E-state index contributed by atoms with van der Waals surface area (Å²) in [5.41, 5.74) is 2.34. The van der Waals surface area contributed by atoms with Crippen LogP contribution in [0.5, 0.6) is 5.75 Å². The topological polar surface area (TPSA) is 21.3 Å². The summed E-state index contributed by atoms with van der Waals surface area (Å²) in [6, 6.07) is 5.54. The highest BCUT2D eigenvalue weighted by molar-refractivity contribution is 5.38. The molecule has 4 heteroatoms. The molecule has 0 saturated carbocycles. The quantitative estimate of drug-likeness (QED) is 0.899. The minimum Gasteiger partial charge on any atom is -0.435 e. The molecule has 0 spiro atoms. The first-order valence-corrected chi connectivity index (χ1v) is 7.28. The molecule has 1 aliphatic heterocycles. The SMILES string of the molecule is CC1CCc2ccc(OC(F)F)cc2C(C(C)C)NC1. The van der Waals surface area contributed by atoms with Crippen molar-refractivity contribution in [2.45, 2.75) is 46.3 Å². The monoisotopic (exact) mass is 283 g/mol. The maximum Gasteiger partial charge on any atom is 0.387 e. The molecular weight excluding hydrogens is 260 g/mol. The van der Waals surface area contributed by atoms with E-state index in [-0.39, 0.29) is 11.8 Å². The highest BCUT2D eigenvalue weighted by Crippen LogP contribution is 2.32. The lowest BCUT2D eigenvalue weighted by atomic mass is 9.86. The molecule has 1 aromatic carbocycles. The highest BCUT2D eigenvalue weighted by Gasteiger charge is 2.23. The van der Waals surface area contributed by atoms with Gasteiger partial charge in [0.15, 0.2) is 0 Å². The zero-order chi connectivity index (χ0) is 14.7. The van der Waals surface area contributed by atoms with Gasteiger partial charge in [0, 0.05) is 6.04 Å². The van der Waals surface area contributed by atoms with Gasteiger partial charge in [-0.15, -0.1) is 0 Å². The third-order valence-electron chi connectivity index (χ3n) is 3.94. The Morgan fingerprint density at radius 3 is 2.70 bits per heavy atom. The highest BCUT2D eigenvalue weighted by atomic mass is 19.3. The summed E-state index contributed by atoms with van der Waals surface area (Å²) in [7, 11) is 0. The van der Waals surface area contributed by atoms with E-state index in [0.717, 1.165) is 24.9 Å².